The summed E-state index contributed by atoms with van der Waals surface area (Å²) in [5, 5.41) is 26.3. The van der Waals surface area contributed by atoms with Crippen LogP contribution in [0.5, 0.6) is 0 Å². The first-order valence-corrected chi connectivity index (χ1v) is 6.21. The highest BCUT2D eigenvalue weighted by Crippen LogP contribution is 2.43. The fourth-order valence-corrected chi connectivity index (χ4v) is 2.86. The number of nitrogens with zero attached hydrogens (tertiary/aromatic N) is 2. The summed E-state index contributed by atoms with van der Waals surface area (Å²) in [4.78, 5) is 0. The second kappa shape index (κ2) is 5.13. The fraction of sp³-hybridized carbons (Fsp3) is 0.154. The molecule has 0 saturated carbocycles. The molecule has 4 nitrogen and oxygen atoms in total. The smallest absolute Gasteiger partial charge is 0.127 e. The van der Waals surface area contributed by atoms with Gasteiger partial charge in [-0.25, -0.2) is 4.39 Å². The Morgan fingerprint density at radius 2 is 2.00 bits per heavy atom. The number of allylic oxidation sites excluding steroid dienone is 1. The average molecular weight is 272 g/mol. The molecule has 0 fully saturated rings. The quantitative estimate of drug-likeness (QED) is 0.820. The van der Waals surface area contributed by atoms with E-state index in [2.05, 4.69) is 0 Å². The molecular weight excluding hydrogens is 263 g/mol. The molecule has 94 valence electrons. The summed E-state index contributed by atoms with van der Waals surface area (Å²) < 4.78 is 13.9. The van der Waals surface area contributed by atoms with Crippen molar-refractivity contribution in [3.63, 3.8) is 0 Å². The summed E-state index contributed by atoms with van der Waals surface area (Å²) in [5.41, 5.74) is 6.09. The Hall–Kier alpha value is -2.31. The molecule has 0 bridgehead atoms. The van der Waals surface area contributed by atoms with Crippen molar-refractivity contribution in [2.24, 2.45) is 11.7 Å². The highest BCUT2D eigenvalue weighted by atomic mass is 32.2. The van der Waals surface area contributed by atoms with Gasteiger partial charge < -0.3 is 5.73 Å². The molecule has 1 aliphatic heterocycles. The Labute approximate surface area is 113 Å². The van der Waals surface area contributed by atoms with Crippen LogP contribution in [0.2, 0.25) is 0 Å². The minimum atomic E-state index is -0.885. The molecule has 6 heteroatoms. The van der Waals surface area contributed by atoms with Crippen LogP contribution in [-0.2, 0) is 0 Å². The largest absolute Gasteiger partial charge is 0.392 e. The Balaban J connectivity index is 2.66. The lowest BCUT2D eigenvalue weighted by atomic mass is 9.81. The first-order valence-electron chi connectivity index (χ1n) is 5.40. The molecule has 2 rings (SSSR count). The van der Waals surface area contributed by atoms with Crippen molar-refractivity contribution < 1.29 is 4.39 Å². The average Bonchev–Trinajstić information content (AvgIpc) is 2.38. The van der Waals surface area contributed by atoms with Crippen LogP contribution in [0.4, 0.5) is 4.39 Å². The van der Waals surface area contributed by atoms with Crippen LogP contribution in [0, 0.1) is 39.8 Å². The van der Waals surface area contributed by atoms with Crippen molar-refractivity contribution in [2.75, 3.05) is 0 Å². The number of nitrogens with two attached hydrogens (primary N) is 1. The summed E-state index contributed by atoms with van der Waals surface area (Å²) in [5.74, 6) is -2.21. The number of nitriles is 2. The second-order valence-electron chi connectivity index (χ2n) is 3.96. The molecule has 0 amide bonds. The topological polar surface area (TPSA) is 97.4 Å². The molecule has 0 aromatic heterocycles. The molecule has 1 aromatic rings. The molecule has 0 unspecified atom stereocenters. The third-order valence-electron chi connectivity index (χ3n) is 2.91. The van der Waals surface area contributed by atoms with Crippen molar-refractivity contribution in [3.8, 4) is 12.1 Å². The van der Waals surface area contributed by atoms with Crippen LogP contribution < -0.4 is 5.73 Å². The summed E-state index contributed by atoms with van der Waals surface area (Å²) in [6.45, 7) is 0. The molecular formula is C13H9FN4S. The van der Waals surface area contributed by atoms with Gasteiger partial charge in [-0.3, -0.25) is 5.41 Å². The lowest BCUT2D eigenvalue weighted by Gasteiger charge is -2.27. The Morgan fingerprint density at radius 1 is 1.32 bits per heavy atom. The minimum Gasteiger partial charge on any atom is -0.392 e. The van der Waals surface area contributed by atoms with Gasteiger partial charge in [0.2, 0.25) is 0 Å². The molecule has 1 heterocycles. The van der Waals surface area contributed by atoms with E-state index in [-0.39, 0.29) is 21.2 Å². The summed E-state index contributed by atoms with van der Waals surface area (Å²) in [6, 6.07) is 9.83. The highest BCUT2D eigenvalue weighted by Gasteiger charge is 2.38. The zero-order chi connectivity index (χ0) is 14.0. The van der Waals surface area contributed by atoms with Gasteiger partial charge in [-0.15, -0.1) is 0 Å². The number of hydrogen-bond acceptors (Lipinski definition) is 5. The zero-order valence-electron chi connectivity index (χ0n) is 9.72. The molecule has 1 aromatic carbocycles. The van der Waals surface area contributed by atoms with E-state index < -0.39 is 17.7 Å². The van der Waals surface area contributed by atoms with Crippen molar-refractivity contribution in [2.45, 2.75) is 5.92 Å². The molecule has 0 aliphatic carbocycles. The van der Waals surface area contributed by atoms with Gasteiger partial charge in [-0.05, 0) is 11.6 Å². The van der Waals surface area contributed by atoms with E-state index in [9.17, 15) is 14.9 Å². The number of thioether (sulfide) groups is 1. The maximum atomic E-state index is 13.9. The predicted molar refractivity (Wildman–Crippen MR) is 70.4 cm³/mol. The maximum absolute atomic E-state index is 13.9. The molecule has 3 N–H and O–H groups in total. The standard InChI is InChI=1S/C13H9FN4S/c14-10-4-2-1-3-7(10)11-8(5-15)12(17)19-13(18)9(11)6-16/h1-4,8,11,17H,18H2/t8-,11+/m0/s1. The monoisotopic (exact) mass is 272 g/mol. The van der Waals surface area contributed by atoms with Gasteiger partial charge in [0.25, 0.3) is 0 Å². The Morgan fingerprint density at radius 3 is 2.58 bits per heavy atom. The van der Waals surface area contributed by atoms with Crippen molar-refractivity contribution in [1.82, 2.24) is 0 Å². The fourth-order valence-electron chi connectivity index (χ4n) is 2.03. The van der Waals surface area contributed by atoms with Gasteiger partial charge in [0.1, 0.15) is 11.7 Å². The van der Waals surface area contributed by atoms with Gasteiger partial charge in [-0.2, -0.15) is 10.5 Å². The maximum Gasteiger partial charge on any atom is 0.127 e. The van der Waals surface area contributed by atoms with Crippen molar-refractivity contribution >= 4 is 16.8 Å². The van der Waals surface area contributed by atoms with E-state index in [1.54, 1.807) is 6.07 Å². The van der Waals surface area contributed by atoms with Gasteiger partial charge in [0.05, 0.1) is 27.8 Å². The van der Waals surface area contributed by atoms with Crippen LogP contribution in [0.1, 0.15) is 11.5 Å². The molecule has 0 radical (unpaired) electrons. The van der Waals surface area contributed by atoms with E-state index in [0.717, 1.165) is 11.8 Å². The number of benzene rings is 1. The number of nitrogens with one attached hydrogen (secondary N) is 1. The first kappa shape index (κ1) is 13.1. The molecule has 1 aliphatic rings. The second-order valence-corrected chi connectivity index (χ2v) is 5.05. The molecule has 19 heavy (non-hydrogen) atoms. The van der Waals surface area contributed by atoms with Crippen LogP contribution >= 0.6 is 11.8 Å². The van der Waals surface area contributed by atoms with Crippen molar-refractivity contribution in [1.29, 1.82) is 15.9 Å². The van der Waals surface area contributed by atoms with E-state index in [4.69, 9.17) is 11.1 Å². The summed E-state index contributed by atoms with van der Waals surface area (Å²) >= 11 is 0.884. The van der Waals surface area contributed by atoms with E-state index in [1.807, 2.05) is 12.1 Å². The third-order valence-corrected chi connectivity index (χ3v) is 3.83. The molecule has 0 saturated heterocycles. The van der Waals surface area contributed by atoms with Gasteiger partial charge in [-0.1, -0.05) is 30.0 Å². The van der Waals surface area contributed by atoms with Gasteiger partial charge >= 0.3 is 0 Å². The lowest BCUT2D eigenvalue weighted by Crippen LogP contribution is -2.27. The lowest BCUT2D eigenvalue weighted by molar-refractivity contribution is 0.585. The van der Waals surface area contributed by atoms with Crippen molar-refractivity contribution in [3.05, 3.63) is 46.2 Å². The minimum absolute atomic E-state index is 0.0345. The summed E-state index contributed by atoms with van der Waals surface area (Å²) in [7, 11) is 0. The third kappa shape index (κ3) is 2.18. The zero-order valence-corrected chi connectivity index (χ0v) is 10.5. The van der Waals surface area contributed by atoms with Crippen LogP contribution in [0.15, 0.2) is 34.9 Å². The Kier molecular flexibility index (Phi) is 3.55. The van der Waals surface area contributed by atoms with E-state index >= 15 is 0 Å². The Bertz CT molecular complexity index is 653. The van der Waals surface area contributed by atoms with Gasteiger partial charge in [0, 0.05) is 5.92 Å². The number of halogens is 1. The van der Waals surface area contributed by atoms with Crippen LogP contribution in [0.25, 0.3) is 0 Å². The highest BCUT2D eigenvalue weighted by molar-refractivity contribution is 8.17. The number of hydrogen-bond donors (Lipinski definition) is 2. The SMILES string of the molecule is N#CC1=C(N)SC(=N)[C@@H](C#N)[C@H]1c1ccccc1F. The van der Waals surface area contributed by atoms with Gasteiger partial charge in [0.15, 0.2) is 0 Å². The molecule has 2 atom stereocenters. The first-order chi connectivity index (χ1) is 9.10. The van der Waals surface area contributed by atoms with E-state index in [0.29, 0.717) is 0 Å². The van der Waals surface area contributed by atoms with Crippen LogP contribution in [0.3, 0.4) is 0 Å². The molecule has 0 spiro atoms. The summed E-state index contributed by atoms with van der Waals surface area (Å²) in [6.07, 6.45) is 0. The van der Waals surface area contributed by atoms with E-state index in [1.165, 1.54) is 18.2 Å². The van der Waals surface area contributed by atoms with Crippen LogP contribution in [-0.4, -0.2) is 5.04 Å². The number of rotatable bonds is 1. The predicted octanol–water partition coefficient (Wildman–Crippen LogP) is 2.47. The normalized spacial score (nSPS) is 22.8.